The molecule has 0 spiro atoms. The molecule has 0 saturated heterocycles. The lowest BCUT2D eigenvalue weighted by atomic mass is 10.1. The van der Waals surface area contributed by atoms with Crippen molar-refractivity contribution in [3.63, 3.8) is 0 Å². The van der Waals surface area contributed by atoms with Crippen LogP contribution in [0.2, 0.25) is 0 Å². The fraction of sp³-hybridized carbons (Fsp3) is 0.286. The monoisotopic (exact) mass is 156 g/mol. The topological polar surface area (TPSA) is 89.3 Å². The molecule has 0 aromatic carbocycles. The van der Waals surface area contributed by atoms with Crippen molar-refractivity contribution in [2.24, 2.45) is 11.5 Å². The molecule has 4 nitrogen and oxygen atoms in total. The molecule has 0 aliphatic heterocycles. The van der Waals surface area contributed by atoms with Crippen LogP contribution >= 0.6 is 0 Å². The molecule has 62 valence electrons. The van der Waals surface area contributed by atoms with Crippen molar-refractivity contribution in [3.8, 4) is 0 Å². The maximum Gasteiger partial charge on any atom is 0.331 e. The first-order chi connectivity index (χ1) is 4.89. The van der Waals surface area contributed by atoms with Gasteiger partial charge in [0.15, 0.2) is 0 Å². The Bertz CT molecular complexity index is 206. The van der Waals surface area contributed by atoms with Gasteiger partial charge in [0.1, 0.15) is 5.66 Å². The van der Waals surface area contributed by atoms with Crippen molar-refractivity contribution in [2.75, 3.05) is 0 Å². The highest BCUT2D eigenvalue weighted by molar-refractivity contribution is 5.86. The summed E-state index contributed by atoms with van der Waals surface area (Å²) in [5.41, 5.74) is 9.62. The number of carboxylic acid groups (broad SMARTS) is 1. The molecule has 0 rings (SSSR count). The van der Waals surface area contributed by atoms with E-state index in [-0.39, 0.29) is 5.57 Å². The van der Waals surface area contributed by atoms with Crippen LogP contribution in [0.1, 0.15) is 6.92 Å². The fourth-order valence-electron chi connectivity index (χ4n) is 0.496. The summed E-state index contributed by atoms with van der Waals surface area (Å²) >= 11 is 0. The van der Waals surface area contributed by atoms with Crippen molar-refractivity contribution >= 4 is 5.97 Å². The van der Waals surface area contributed by atoms with Crippen LogP contribution in [0.15, 0.2) is 24.3 Å². The first-order valence-electron chi connectivity index (χ1n) is 3.03. The van der Waals surface area contributed by atoms with E-state index in [0.29, 0.717) is 0 Å². The van der Waals surface area contributed by atoms with Gasteiger partial charge in [-0.2, -0.15) is 0 Å². The van der Waals surface area contributed by atoms with Crippen LogP contribution in [0.25, 0.3) is 0 Å². The zero-order valence-electron chi connectivity index (χ0n) is 6.37. The smallest absolute Gasteiger partial charge is 0.331 e. The quantitative estimate of drug-likeness (QED) is 0.300. The van der Waals surface area contributed by atoms with Crippen molar-refractivity contribution in [2.45, 2.75) is 12.6 Å². The zero-order chi connectivity index (χ0) is 9.07. The van der Waals surface area contributed by atoms with E-state index in [0.717, 1.165) is 0 Å². The third kappa shape index (κ3) is 3.54. The van der Waals surface area contributed by atoms with Crippen molar-refractivity contribution in [1.82, 2.24) is 0 Å². The molecule has 0 saturated carbocycles. The minimum absolute atomic E-state index is 0.106. The number of nitrogens with two attached hydrogens (primary N) is 2. The van der Waals surface area contributed by atoms with Crippen LogP contribution in [0, 0.1) is 0 Å². The predicted octanol–water partition coefficient (Wildman–Crippen LogP) is -0.183. The molecule has 0 fully saturated rings. The highest BCUT2D eigenvalue weighted by atomic mass is 16.4. The van der Waals surface area contributed by atoms with Gasteiger partial charge >= 0.3 is 5.97 Å². The third-order valence-electron chi connectivity index (χ3n) is 1.16. The summed E-state index contributed by atoms with van der Waals surface area (Å²) in [6.45, 7) is 4.77. The summed E-state index contributed by atoms with van der Waals surface area (Å²) in [5.74, 6) is -1.04. The predicted molar refractivity (Wildman–Crippen MR) is 42.7 cm³/mol. The lowest BCUT2D eigenvalue weighted by Gasteiger charge is -2.14. The summed E-state index contributed by atoms with van der Waals surface area (Å²) in [6.07, 6.45) is 2.52. The fourth-order valence-corrected chi connectivity index (χ4v) is 0.496. The number of hydrogen-bond donors (Lipinski definition) is 3. The molecule has 0 aromatic rings. The summed E-state index contributed by atoms with van der Waals surface area (Å²) in [4.78, 5) is 10.3. The SMILES string of the molecule is C=CC(N)(N)/C=C(\C)C(=O)O. The van der Waals surface area contributed by atoms with Crippen LogP contribution < -0.4 is 11.5 Å². The molecule has 0 bridgehead atoms. The van der Waals surface area contributed by atoms with Gasteiger partial charge in [-0.15, -0.1) is 0 Å². The van der Waals surface area contributed by atoms with E-state index < -0.39 is 11.6 Å². The Kier molecular flexibility index (Phi) is 2.98. The molecule has 0 aliphatic carbocycles. The third-order valence-corrected chi connectivity index (χ3v) is 1.16. The van der Waals surface area contributed by atoms with Gasteiger partial charge in [-0.1, -0.05) is 12.7 Å². The van der Waals surface area contributed by atoms with E-state index in [1.54, 1.807) is 0 Å². The standard InChI is InChI=1S/C7H12N2O2/c1-3-7(8,9)4-5(2)6(10)11/h3-4H,1,8-9H2,2H3,(H,10,11)/b5-4+. The van der Waals surface area contributed by atoms with E-state index in [1.165, 1.54) is 19.1 Å². The largest absolute Gasteiger partial charge is 0.478 e. The second-order valence-corrected chi connectivity index (χ2v) is 2.34. The number of aliphatic carboxylic acids is 1. The Balaban J connectivity index is 4.54. The average Bonchev–Trinajstić information content (AvgIpc) is 1.87. The molecule has 0 aromatic heterocycles. The lowest BCUT2D eigenvalue weighted by Crippen LogP contribution is -2.45. The van der Waals surface area contributed by atoms with Gasteiger partial charge in [-0.05, 0) is 13.0 Å². The summed E-state index contributed by atoms with van der Waals surface area (Å²) in [6, 6.07) is 0. The first-order valence-corrected chi connectivity index (χ1v) is 3.03. The summed E-state index contributed by atoms with van der Waals surface area (Å²) in [5, 5.41) is 8.43. The molecule has 0 amide bonds. The number of carboxylic acids is 1. The molecular formula is C7H12N2O2. The Morgan fingerprint density at radius 1 is 1.64 bits per heavy atom. The average molecular weight is 156 g/mol. The second kappa shape index (κ2) is 3.32. The second-order valence-electron chi connectivity index (χ2n) is 2.34. The normalized spacial score (nSPS) is 12.8. The first kappa shape index (κ1) is 9.87. The molecule has 5 N–H and O–H groups in total. The minimum Gasteiger partial charge on any atom is -0.478 e. The van der Waals surface area contributed by atoms with E-state index in [4.69, 9.17) is 16.6 Å². The molecule has 11 heavy (non-hydrogen) atoms. The molecular weight excluding hydrogens is 144 g/mol. The number of hydrogen-bond acceptors (Lipinski definition) is 3. The molecule has 4 heteroatoms. The van der Waals surface area contributed by atoms with E-state index in [9.17, 15) is 4.79 Å². The lowest BCUT2D eigenvalue weighted by molar-refractivity contribution is -0.132. The highest BCUT2D eigenvalue weighted by Crippen LogP contribution is 2.00. The van der Waals surface area contributed by atoms with E-state index in [2.05, 4.69) is 6.58 Å². The van der Waals surface area contributed by atoms with Crippen molar-refractivity contribution < 1.29 is 9.90 Å². The molecule has 0 radical (unpaired) electrons. The molecule has 0 atom stereocenters. The van der Waals surface area contributed by atoms with E-state index >= 15 is 0 Å². The van der Waals surface area contributed by atoms with Gasteiger partial charge in [-0.25, -0.2) is 4.79 Å². The minimum atomic E-state index is -1.23. The number of carbonyl (C=O) groups is 1. The maximum atomic E-state index is 10.3. The van der Waals surface area contributed by atoms with Crippen LogP contribution in [0.4, 0.5) is 0 Å². The Hall–Kier alpha value is -1.13. The Morgan fingerprint density at radius 3 is 2.36 bits per heavy atom. The van der Waals surface area contributed by atoms with Crippen molar-refractivity contribution in [3.05, 3.63) is 24.3 Å². The van der Waals surface area contributed by atoms with E-state index in [1.807, 2.05) is 0 Å². The Morgan fingerprint density at radius 2 is 2.09 bits per heavy atom. The Labute approximate surface area is 65.2 Å². The zero-order valence-corrected chi connectivity index (χ0v) is 6.37. The van der Waals surface area contributed by atoms with Crippen LogP contribution in [0.3, 0.4) is 0 Å². The summed E-state index contributed by atoms with van der Waals surface area (Å²) in [7, 11) is 0. The van der Waals surface area contributed by atoms with Gasteiger partial charge in [0.25, 0.3) is 0 Å². The van der Waals surface area contributed by atoms with Crippen molar-refractivity contribution in [1.29, 1.82) is 0 Å². The van der Waals surface area contributed by atoms with Gasteiger partial charge in [-0.3, -0.25) is 0 Å². The number of rotatable bonds is 3. The van der Waals surface area contributed by atoms with Gasteiger partial charge in [0.2, 0.25) is 0 Å². The van der Waals surface area contributed by atoms with Crippen LogP contribution in [-0.2, 0) is 4.79 Å². The molecule has 0 aliphatic rings. The van der Waals surface area contributed by atoms with Gasteiger partial charge in [0.05, 0.1) is 0 Å². The summed E-state index contributed by atoms with van der Waals surface area (Å²) < 4.78 is 0. The van der Waals surface area contributed by atoms with Gasteiger partial charge < -0.3 is 16.6 Å². The molecule has 0 heterocycles. The van der Waals surface area contributed by atoms with Crippen LogP contribution in [-0.4, -0.2) is 16.7 Å². The molecule has 0 unspecified atom stereocenters. The van der Waals surface area contributed by atoms with Crippen LogP contribution in [0.5, 0.6) is 0 Å². The van der Waals surface area contributed by atoms with Gasteiger partial charge in [0, 0.05) is 5.57 Å². The highest BCUT2D eigenvalue weighted by Gasteiger charge is 2.12. The maximum absolute atomic E-state index is 10.3.